The summed E-state index contributed by atoms with van der Waals surface area (Å²) < 4.78 is 3.56. The zero-order chi connectivity index (χ0) is 16.9. The Bertz CT molecular complexity index is 651. The smallest absolute Gasteiger partial charge is 0.247 e. The van der Waals surface area contributed by atoms with Crippen LogP contribution in [0.25, 0.3) is 0 Å². The Morgan fingerprint density at radius 1 is 1.25 bits per heavy atom. The van der Waals surface area contributed by atoms with E-state index >= 15 is 0 Å². The predicted octanol–water partition coefficient (Wildman–Crippen LogP) is 0.790. The van der Waals surface area contributed by atoms with Crippen LogP contribution in [-0.4, -0.2) is 66.4 Å². The molecule has 130 valence electrons. The van der Waals surface area contributed by atoms with E-state index in [0.29, 0.717) is 0 Å². The molecule has 0 radical (unpaired) electrons. The third-order valence-corrected chi connectivity index (χ3v) is 4.51. The first kappa shape index (κ1) is 16.6. The van der Waals surface area contributed by atoms with Gasteiger partial charge in [-0.05, 0) is 20.3 Å². The highest BCUT2D eigenvalue weighted by Gasteiger charge is 2.24. The van der Waals surface area contributed by atoms with E-state index in [1.165, 1.54) is 11.9 Å². The van der Waals surface area contributed by atoms with Crippen molar-refractivity contribution >= 4 is 5.91 Å². The van der Waals surface area contributed by atoms with Gasteiger partial charge in [0.25, 0.3) is 0 Å². The van der Waals surface area contributed by atoms with Crippen LogP contribution in [0.3, 0.4) is 0 Å². The Kier molecular flexibility index (Phi) is 5.24. The lowest BCUT2D eigenvalue weighted by Gasteiger charge is -2.24. The third-order valence-electron chi connectivity index (χ3n) is 4.51. The maximum absolute atomic E-state index is 12.7. The monoisotopic (exact) mass is 331 g/mol. The summed E-state index contributed by atoms with van der Waals surface area (Å²) in [6, 6.07) is -0.304. The van der Waals surface area contributed by atoms with Gasteiger partial charge in [-0.25, -0.2) is 9.67 Å². The van der Waals surface area contributed by atoms with Crippen molar-refractivity contribution in [3.63, 3.8) is 0 Å². The van der Waals surface area contributed by atoms with Crippen LogP contribution in [-0.2, 0) is 17.9 Å². The molecule has 1 amide bonds. The molecule has 0 saturated carbocycles. The van der Waals surface area contributed by atoms with Crippen LogP contribution in [0.15, 0.2) is 25.0 Å². The summed E-state index contributed by atoms with van der Waals surface area (Å²) in [6.07, 6.45) is 8.07. The molecule has 1 atom stereocenters. The van der Waals surface area contributed by atoms with E-state index in [1.54, 1.807) is 11.0 Å². The van der Waals surface area contributed by atoms with Crippen LogP contribution in [0.5, 0.6) is 0 Å². The van der Waals surface area contributed by atoms with Gasteiger partial charge in [0.2, 0.25) is 5.91 Å². The number of carbonyl (C=O) groups excluding carboxylic acids is 1. The van der Waals surface area contributed by atoms with Crippen LogP contribution in [0.2, 0.25) is 0 Å². The minimum Gasteiger partial charge on any atom is -0.340 e. The van der Waals surface area contributed by atoms with Crippen molar-refractivity contribution in [3.8, 4) is 0 Å². The van der Waals surface area contributed by atoms with Crippen molar-refractivity contribution in [1.29, 1.82) is 0 Å². The van der Waals surface area contributed by atoms with E-state index < -0.39 is 0 Å². The number of amides is 1. The molecule has 2 aromatic rings. The van der Waals surface area contributed by atoms with Gasteiger partial charge >= 0.3 is 0 Å². The van der Waals surface area contributed by atoms with Gasteiger partial charge in [0.05, 0.1) is 6.20 Å². The zero-order valence-corrected chi connectivity index (χ0v) is 14.4. The number of carbonyl (C=O) groups is 1. The fourth-order valence-corrected chi connectivity index (χ4v) is 3.06. The minimum absolute atomic E-state index is 0.112. The summed E-state index contributed by atoms with van der Waals surface area (Å²) in [4.78, 5) is 20.9. The molecule has 0 aromatic carbocycles. The number of hydrogen-bond acceptors (Lipinski definition) is 5. The summed E-state index contributed by atoms with van der Waals surface area (Å²) in [5.41, 5.74) is 1.23. The maximum atomic E-state index is 12.7. The van der Waals surface area contributed by atoms with Crippen molar-refractivity contribution in [1.82, 2.24) is 34.3 Å². The van der Waals surface area contributed by atoms with Crippen molar-refractivity contribution in [2.45, 2.75) is 39.4 Å². The second kappa shape index (κ2) is 7.57. The van der Waals surface area contributed by atoms with Gasteiger partial charge in [0.15, 0.2) is 0 Å². The van der Waals surface area contributed by atoms with Crippen molar-refractivity contribution in [3.05, 3.63) is 30.6 Å². The molecular formula is C16H25N7O. The highest BCUT2D eigenvalue weighted by atomic mass is 16.2. The number of rotatable bonds is 5. The number of aromatic nitrogens is 5. The SMILES string of the molecule is CCn1cc(CN2CCCN(C(=O)[C@@H](C)n3cncn3)CC2)cn1. The molecule has 8 heteroatoms. The first-order valence-corrected chi connectivity index (χ1v) is 8.54. The normalized spacial score (nSPS) is 17.7. The largest absolute Gasteiger partial charge is 0.340 e. The summed E-state index contributed by atoms with van der Waals surface area (Å²) in [6.45, 7) is 9.17. The standard InChI is InChI=1S/C16H25N7O/c1-3-22-11-15(9-18-22)10-20-5-4-6-21(8-7-20)16(24)14(2)23-13-17-12-19-23/h9,11-14H,3-8,10H2,1-2H3/t14-/m1/s1. The van der Waals surface area contributed by atoms with Crippen LogP contribution in [0.1, 0.15) is 31.9 Å². The highest BCUT2D eigenvalue weighted by Crippen LogP contribution is 2.13. The van der Waals surface area contributed by atoms with Crippen LogP contribution in [0.4, 0.5) is 0 Å². The molecule has 1 aliphatic heterocycles. The Labute approximate surface area is 142 Å². The molecule has 1 fully saturated rings. The van der Waals surface area contributed by atoms with Gasteiger partial charge in [0, 0.05) is 51.0 Å². The van der Waals surface area contributed by atoms with Crippen LogP contribution in [0, 0.1) is 0 Å². The average molecular weight is 331 g/mol. The molecule has 2 aromatic heterocycles. The van der Waals surface area contributed by atoms with E-state index in [4.69, 9.17) is 0 Å². The molecule has 8 nitrogen and oxygen atoms in total. The molecule has 3 heterocycles. The Morgan fingerprint density at radius 2 is 2.12 bits per heavy atom. The van der Waals surface area contributed by atoms with Gasteiger partial charge in [-0.1, -0.05) is 0 Å². The molecule has 0 bridgehead atoms. The second-order valence-electron chi connectivity index (χ2n) is 6.21. The van der Waals surface area contributed by atoms with Crippen molar-refractivity contribution in [2.75, 3.05) is 26.2 Å². The predicted molar refractivity (Wildman–Crippen MR) is 89.1 cm³/mol. The number of hydrogen-bond donors (Lipinski definition) is 0. The quantitative estimate of drug-likeness (QED) is 0.810. The van der Waals surface area contributed by atoms with Gasteiger partial charge in [-0.3, -0.25) is 14.4 Å². The Morgan fingerprint density at radius 3 is 2.83 bits per heavy atom. The second-order valence-corrected chi connectivity index (χ2v) is 6.21. The molecule has 0 N–H and O–H groups in total. The van der Waals surface area contributed by atoms with Crippen LogP contribution < -0.4 is 0 Å². The highest BCUT2D eigenvalue weighted by molar-refractivity contribution is 5.80. The fourth-order valence-electron chi connectivity index (χ4n) is 3.06. The minimum atomic E-state index is -0.304. The third kappa shape index (κ3) is 3.81. The lowest BCUT2D eigenvalue weighted by molar-refractivity contribution is -0.134. The van der Waals surface area contributed by atoms with Crippen LogP contribution >= 0.6 is 0 Å². The number of nitrogens with zero attached hydrogens (tertiary/aromatic N) is 7. The van der Waals surface area contributed by atoms with E-state index in [0.717, 1.165) is 45.7 Å². The van der Waals surface area contributed by atoms with Gasteiger partial charge < -0.3 is 4.90 Å². The molecule has 3 rings (SSSR count). The molecule has 24 heavy (non-hydrogen) atoms. The Balaban J connectivity index is 1.55. The molecule has 1 aliphatic rings. The van der Waals surface area contributed by atoms with Crippen molar-refractivity contribution < 1.29 is 4.79 Å². The molecular weight excluding hydrogens is 306 g/mol. The maximum Gasteiger partial charge on any atom is 0.247 e. The Hall–Kier alpha value is -2.22. The molecule has 0 aliphatic carbocycles. The number of aryl methyl sites for hydroxylation is 1. The zero-order valence-electron chi connectivity index (χ0n) is 14.4. The molecule has 0 spiro atoms. The lowest BCUT2D eigenvalue weighted by Crippen LogP contribution is -2.39. The first-order valence-electron chi connectivity index (χ1n) is 8.54. The van der Waals surface area contributed by atoms with E-state index in [2.05, 4.69) is 33.2 Å². The summed E-state index contributed by atoms with van der Waals surface area (Å²) in [5, 5.41) is 8.40. The lowest BCUT2D eigenvalue weighted by atomic mass is 10.2. The first-order chi connectivity index (χ1) is 11.7. The summed E-state index contributed by atoms with van der Waals surface area (Å²) in [5.74, 6) is 0.112. The topological polar surface area (TPSA) is 72.1 Å². The van der Waals surface area contributed by atoms with Gasteiger partial charge in [-0.15, -0.1) is 0 Å². The van der Waals surface area contributed by atoms with Crippen molar-refractivity contribution in [2.24, 2.45) is 0 Å². The van der Waals surface area contributed by atoms with Gasteiger partial charge in [0.1, 0.15) is 18.7 Å². The molecule has 1 saturated heterocycles. The molecule has 0 unspecified atom stereocenters. The fraction of sp³-hybridized carbons (Fsp3) is 0.625. The van der Waals surface area contributed by atoms with E-state index in [9.17, 15) is 4.79 Å². The summed E-state index contributed by atoms with van der Waals surface area (Å²) >= 11 is 0. The average Bonchev–Trinajstić information content (AvgIpc) is 3.23. The van der Waals surface area contributed by atoms with Gasteiger partial charge in [-0.2, -0.15) is 10.2 Å². The van der Waals surface area contributed by atoms with E-state index in [1.807, 2.05) is 22.7 Å². The summed E-state index contributed by atoms with van der Waals surface area (Å²) in [7, 11) is 0. The van der Waals surface area contributed by atoms with E-state index in [-0.39, 0.29) is 11.9 Å².